The summed E-state index contributed by atoms with van der Waals surface area (Å²) < 4.78 is 39.0. The fourth-order valence-electron chi connectivity index (χ4n) is 1.40. The van der Waals surface area contributed by atoms with E-state index in [0.29, 0.717) is 13.0 Å². The van der Waals surface area contributed by atoms with Gasteiger partial charge in [0.25, 0.3) is 0 Å². The molecule has 0 saturated heterocycles. The maximum atomic E-state index is 13.3. The first-order chi connectivity index (χ1) is 8.39. The zero-order chi connectivity index (χ0) is 13.8. The van der Waals surface area contributed by atoms with E-state index in [1.165, 1.54) is 23.5 Å². The first kappa shape index (κ1) is 15.3. The minimum Gasteiger partial charge on any atom is -0.207 e. The molecule has 0 unspecified atom stereocenters. The van der Waals surface area contributed by atoms with E-state index in [1.807, 2.05) is 0 Å². The molecule has 0 aliphatic rings. The quantitative estimate of drug-likeness (QED) is 0.591. The molecule has 0 aliphatic carbocycles. The molecular weight excluding hydrogens is 321 g/mol. The van der Waals surface area contributed by atoms with Crippen LogP contribution in [0.3, 0.4) is 0 Å². The van der Waals surface area contributed by atoms with E-state index < -0.39 is 15.8 Å². The van der Waals surface area contributed by atoms with Gasteiger partial charge in [0.15, 0.2) is 0 Å². The summed E-state index contributed by atoms with van der Waals surface area (Å²) >= 11 is 2.99. The third-order valence-corrected chi connectivity index (χ3v) is 4.98. The molecule has 0 fully saturated rings. The standard InChI is InChI=1S/C12H15BrFNO2S/c1-3-4-5-8-15(2)18(16,17)10-6-7-11(13)12(14)9-10/h3,6-7,9H,1,4-5,8H2,2H3. The van der Waals surface area contributed by atoms with Gasteiger partial charge >= 0.3 is 0 Å². The van der Waals surface area contributed by atoms with Crippen LogP contribution < -0.4 is 0 Å². The van der Waals surface area contributed by atoms with E-state index >= 15 is 0 Å². The molecular formula is C12H15BrFNO2S. The second-order valence-electron chi connectivity index (χ2n) is 3.83. The number of sulfonamides is 1. The molecule has 1 aromatic rings. The maximum absolute atomic E-state index is 13.3. The van der Waals surface area contributed by atoms with Crippen LogP contribution in [0.2, 0.25) is 0 Å². The van der Waals surface area contributed by atoms with Gasteiger partial charge in [0.2, 0.25) is 10.0 Å². The number of rotatable bonds is 6. The number of benzene rings is 1. The maximum Gasteiger partial charge on any atom is 0.242 e. The molecule has 0 N–H and O–H groups in total. The Kier molecular flexibility index (Phi) is 5.49. The summed E-state index contributed by atoms with van der Waals surface area (Å²) in [4.78, 5) is -0.0377. The van der Waals surface area contributed by atoms with E-state index in [1.54, 1.807) is 6.08 Å². The molecule has 18 heavy (non-hydrogen) atoms. The number of allylic oxidation sites excluding steroid dienone is 1. The van der Waals surface area contributed by atoms with Gasteiger partial charge in [-0.3, -0.25) is 0 Å². The van der Waals surface area contributed by atoms with Crippen LogP contribution in [-0.4, -0.2) is 26.3 Å². The molecule has 0 spiro atoms. The van der Waals surface area contributed by atoms with Crippen molar-refractivity contribution in [2.75, 3.05) is 13.6 Å². The zero-order valence-corrected chi connectivity index (χ0v) is 12.5. The van der Waals surface area contributed by atoms with Crippen molar-refractivity contribution in [2.45, 2.75) is 17.7 Å². The van der Waals surface area contributed by atoms with Crippen molar-refractivity contribution in [3.05, 3.63) is 41.1 Å². The minimum atomic E-state index is -3.62. The highest BCUT2D eigenvalue weighted by Gasteiger charge is 2.21. The largest absolute Gasteiger partial charge is 0.242 e. The van der Waals surface area contributed by atoms with Crippen molar-refractivity contribution in [3.63, 3.8) is 0 Å². The van der Waals surface area contributed by atoms with Crippen LogP contribution in [0.4, 0.5) is 4.39 Å². The summed E-state index contributed by atoms with van der Waals surface area (Å²) in [6.07, 6.45) is 3.17. The molecule has 6 heteroatoms. The highest BCUT2D eigenvalue weighted by Crippen LogP contribution is 2.21. The first-order valence-electron chi connectivity index (χ1n) is 5.42. The zero-order valence-electron chi connectivity index (χ0n) is 10.1. The molecule has 0 atom stereocenters. The molecule has 100 valence electrons. The molecule has 1 aromatic carbocycles. The Balaban J connectivity index is 2.91. The lowest BCUT2D eigenvalue weighted by Gasteiger charge is -2.16. The van der Waals surface area contributed by atoms with Crippen LogP contribution in [0.1, 0.15) is 12.8 Å². The Morgan fingerprint density at radius 3 is 2.72 bits per heavy atom. The summed E-state index contributed by atoms with van der Waals surface area (Å²) in [5.74, 6) is -0.587. The predicted octanol–water partition coefficient (Wildman–Crippen LogP) is 3.17. The Morgan fingerprint density at radius 2 is 2.17 bits per heavy atom. The molecule has 3 nitrogen and oxygen atoms in total. The van der Waals surface area contributed by atoms with Crippen LogP contribution in [0, 0.1) is 5.82 Å². The van der Waals surface area contributed by atoms with Crippen molar-refractivity contribution in [1.82, 2.24) is 4.31 Å². The normalized spacial score (nSPS) is 11.8. The Labute approximate surface area is 115 Å². The highest BCUT2D eigenvalue weighted by atomic mass is 79.9. The second-order valence-corrected chi connectivity index (χ2v) is 6.73. The molecule has 0 amide bonds. The van der Waals surface area contributed by atoms with E-state index in [2.05, 4.69) is 22.5 Å². The van der Waals surface area contributed by atoms with Gasteiger partial charge < -0.3 is 0 Å². The minimum absolute atomic E-state index is 0.0377. The van der Waals surface area contributed by atoms with Crippen LogP contribution in [-0.2, 0) is 10.0 Å². The number of nitrogens with zero attached hydrogens (tertiary/aromatic N) is 1. The van der Waals surface area contributed by atoms with Gasteiger partial charge in [0.05, 0.1) is 9.37 Å². The van der Waals surface area contributed by atoms with E-state index in [9.17, 15) is 12.8 Å². The number of hydrogen-bond acceptors (Lipinski definition) is 2. The van der Waals surface area contributed by atoms with Crippen molar-refractivity contribution in [3.8, 4) is 0 Å². The first-order valence-corrected chi connectivity index (χ1v) is 7.65. The molecule has 0 saturated carbocycles. The van der Waals surface area contributed by atoms with Gasteiger partial charge in [-0.15, -0.1) is 6.58 Å². The fourth-order valence-corrected chi connectivity index (χ4v) is 2.86. The molecule has 1 rings (SSSR count). The van der Waals surface area contributed by atoms with Gasteiger partial charge in [-0.05, 0) is 47.0 Å². The molecule has 0 aliphatic heterocycles. The highest BCUT2D eigenvalue weighted by molar-refractivity contribution is 9.10. The van der Waals surface area contributed by atoms with E-state index in [4.69, 9.17) is 0 Å². The van der Waals surface area contributed by atoms with Crippen molar-refractivity contribution >= 4 is 26.0 Å². The van der Waals surface area contributed by atoms with Crippen molar-refractivity contribution < 1.29 is 12.8 Å². The van der Waals surface area contributed by atoms with Crippen molar-refractivity contribution in [1.29, 1.82) is 0 Å². The Morgan fingerprint density at radius 1 is 1.50 bits per heavy atom. The summed E-state index contributed by atoms with van der Waals surface area (Å²) in [7, 11) is -2.14. The summed E-state index contributed by atoms with van der Waals surface area (Å²) in [6.45, 7) is 3.96. The van der Waals surface area contributed by atoms with E-state index in [-0.39, 0.29) is 9.37 Å². The van der Waals surface area contributed by atoms with Gasteiger partial charge in [-0.1, -0.05) is 6.08 Å². The van der Waals surface area contributed by atoms with Gasteiger partial charge in [0, 0.05) is 13.6 Å². The van der Waals surface area contributed by atoms with Crippen LogP contribution >= 0.6 is 15.9 Å². The van der Waals surface area contributed by atoms with Gasteiger partial charge in [0.1, 0.15) is 5.82 Å². The topological polar surface area (TPSA) is 37.4 Å². The lowest BCUT2D eigenvalue weighted by molar-refractivity contribution is 0.462. The Hall–Kier alpha value is -0.720. The average Bonchev–Trinajstić information content (AvgIpc) is 2.32. The monoisotopic (exact) mass is 335 g/mol. The third-order valence-electron chi connectivity index (χ3n) is 2.48. The molecule has 0 radical (unpaired) electrons. The fraction of sp³-hybridized carbons (Fsp3) is 0.333. The summed E-state index contributed by atoms with van der Waals surface area (Å²) in [5, 5.41) is 0. The SMILES string of the molecule is C=CCCCN(C)S(=O)(=O)c1ccc(Br)c(F)c1. The van der Waals surface area contributed by atoms with Gasteiger partial charge in [-0.25, -0.2) is 17.1 Å². The summed E-state index contributed by atoms with van der Waals surface area (Å²) in [5.41, 5.74) is 0. The molecule has 0 heterocycles. The predicted molar refractivity (Wildman–Crippen MR) is 73.3 cm³/mol. The number of unbranched alkanes of at least 4 members (excludes halogenated alkanes) is 1. The second kappa shape index (κ2) is 6.45. The van der Waals surface area contributed by atoms with Crippen molar-refractivity contribution in [2.24, 2.45) is 0 Å². The number of hydrogen-bond donors (Lipinski definition) is 0. The van der Waals surface area contributed by atoms with Crippen LogP contribution in [0.15, 0.2) is 40.2 Å². The van der Waals surface area contributed by atoms with Crippen LogP contribution in [0.5, 0.6) is 0 Å². The lowest BCUT2D eigenvalue weighted by Crippen LogP contribution is -2.28. The van der Waals surface area contributed by atoms with Gasteiger partial charge in [-0.2, -0.15) is 0 Å². The Bertz CT molecular complexity index is 531. The smallest absolute Gasteiger partial charge is 0.207 e. The van der Waals surface area contributed by atoms with Crippen LogP contribution in [0.25, 0.3) is 0 Å². The molecule has 0 aromatic heterocycles. The number of halogens is 2. The lowest BCUT2D eigenvalue weighted by atomic mass is 10.3. The average molecular weight is 336 g/mol. The molecule has 0 bridgehead atoms. The third kappa shape index (κ3) is 3.63. The van der Waals surface area contributed by atoms with E-state index in [0.717, 1.165) is 12.5 Å². The summed E-state index contributed by atoms with van der Waals surface area (Å²) in [6, 6.07) is 3.79.